The fraction of sp³-hybridized carbons (Fsp3) is 0.538. The van der Waals surface area contributed by atoms with Crippen molar-refractivity contribution in [3.63, 3.8) is 0 Å². The molecule has 4 nitrogen and oxygen atoms in total. The van der Waals surface area contributed by atoms with Crippen LogP contribution in [0.5, 0.6) is 5.75 Å². The van der Waals surface area contributed by atoms with Crippen LogP contribution >= 0.6 is 15.9 Å². The Balaban J connectivity index is 1.78. The Kier molecular flexibility index (Phi) is 4.02. The Bertz CT molecular complexity index is 458. The zero-order chi connectivity index (χ0) is 13.2. The molecule has 2 heterocycles. The van der Waals surface area contributed by atoms with Crippen LogP contribution in [0.1, 0.15) is 18.3 Å². The molecule has 0 amide bonds. The van der Waals surface area contributed by atoms with Crippen molar-refractivity contribution < 1.29 is 23.3 Å². The Hall–Kier alpha value is -0.690. The van der Waals surface area contributed by atoms with Gasteiger partial charge in [-0.1, -0.05) is 0 Å². The van der Waals surface area contributed by atoms with E-state index in [1.807, 2.05) is 0 Å². The molecule has 2 aliphatic heterocycles. The molecule has 3 rings (SSSR count). The highest BCUT2D eigenvalue weighted by molar-refractivity contribution is 9.10. The van der Waals surface area contributed by atoms with Crippen LogP contribution in [0.25, 0.3) is 0 Å². The second kappa shape index (κ2) is 5.75. The van der Waals surface area contributed by atoms with Crippen LogP contribution in [-0.2, 0) is 14.2 Å². The Morgan fingerprint density at radius 1 is 1.21 bits per heavy atom. The summed E-state index contributed by atoms with van der Waals surface area (Å²) >= 11 is 3.37. The molecule has 0 spiro atoms. The van der Waals surface area contributed by atoms with Crippen LogP contribution in [0, 0.1) is 5.82 Å². The smallest absolute Gasteiger partial charge is 0.188 e. The molecule has 1 unspecified atom stereocenters. The van der Waals surface area contributed by atoms with Gasteiger partial charge in [0.15, 0.2) is 6.29 Å². The van der Waals surface area contributed by atoms with Crippen LogP contribution in [-0.4, -0.2) is 32.5 Å². The molecule has 2 fully saturated rings. The summed E-state index contributed by atoms with van der Waals surface area (Å²) in [7, 11) is 0. The van der Waals surface area contributed by atoms with Crippen molar-refractivity contribution in [3.8, 4) is 5.75 Å². The molecule has 2 aliphatic rings. The van der Waals surface area contributed by atoms with Crippen molar-refractivity contribution in [1.82, 2.24) is 0 Å². The van der Waals surface area contributed by atoms with E-state index in [1.54, 1.807) is 6.07 Å². The summed E-state index contributed by atoms with van der Waals surface area (Å²) in [4.78, 5) is 0. The third-order valence-corrected chi connectivity index (χ3v) is 3.98. The molecule has 19 heavy (non-hydrogen) atoms. The molecule has 1 atom stereocenters. The lowest BCUT2D eigenvalue weighted by Gasteiger charge is -2.26. The minimum absolute atomic E-state index is 0.138. The third kappa shape index (κ3) is 2.76. The number of ether oxygens (including phenoxy) is 4. The van der Waals surface area contributed by atoms with Crippen molar-refractivity contribution in [2.24, 2.45) is 0 Å². The van der Waals surface area contributed by atoms with Gasteiger partial charge in [-0.3, -0.25) is 0 Å². The molecule has 2 saturated heterocycles. The van der Waals surface area contributed by atoms with Gasteiger partial charge in [0.2, 0.25) is 0 Å². The first-order valence-corrected chi connectivity index (χ1v) is 7.00. The first-order chi connectivity index (χ1) is 9.25. The molecular weight excluding hydrogens is 319 g/mol. The van der Waals surface area contributed by atoms with E-state index in [0.717, 1.165) is 13.0 Å². The minimum atomic E-state index is -0.669. The predicted octanol–water partition coefficient (Wildman–Crippen LogP) is 2.80. The molecule has 0 aliphatic carbocycles. The number of hydrogen-bond donors (Lipinski definition) is 0. The molecule has 0 saturated carbocycles. The molecule has 6 heteroatoms. The lowest BCUT2D eigenvalue weighted by Crippen LogP contribution is -2.32. The van der Waals surface area contributed by atoms with Gasteiger partial charge in [0, 0.05) is 13.0 Å². The molecule has 0 radical (unpaired) electrons. The first kappa shape index (κ1) is 13.3. The van der Waals surface area contributed by atoms with Crippen LogP contribution in [0.4, 0.5) is 4.39 Å². The van der Waals surface area contributed by atoms with Crippen molar-refractivity contribution >= 4 is 15.9 Å². The summed E-state index contributed by atoms with van der Waals surface area (Å²) in [6.45, 7) is 2.19. The van der Waals surface area contributed by atoms with Crippen molar-refractivity contribution in [2.75, 3.05) is 26.4 Å². The summed E-state index contributed by atoms with van der Waals surface area (Å²) in [5.41, 5.74) is 0.351. The molecule has 0 N–H and O–H groups in total. The number of hydrogen-bond acceptors (Lipinski definition) is 4. The second-order valence-corrected chi connectivity index (χ2v) is 5.23. The maximum Gasteiger partial charge on any atom is 0.188 e. The van der Waals surface area contributed by atoms with Crippen molar-refractivity contribution in [2.45, 2.75) is 18.8 Å². The molecule has 1 aromatic carbocycles. The maximum atomic E-state index is 13.9. The molecule has 0 bridgehead atoms. The third-order valence-electron chi connectivity index (χ3n) is 3.17. The van der Waals surface area contributed by atoms with E-state index in [2.05, 4.69) is 15.9 Å². The van der Waals surface area contributed by atoms with Gasteiger partial charge in [-0.2, -0.15) is 0 Å². The van der Waals surface area contributed by atoms with Crippen LogP contribution < -0.4 is 4.74 Å². The fourth-order valence-electron chi connectivity index (χ4n) is 2.00. The Labute approximate surface area is 118 Å². The van der Waals surface area contributed by atoms with Gasteiger partial charge in [0.05, 0.1) is 29.4 Å². The highest BCUT2D eigenvalue weighted by Gasteiger charge is 2.27. The first-order valence-electron chi connectivity index (χ1n) is 6.21. The number of rotatable bonds is 4. The van der Waals surface area contributed by atoms with Gasteiger partial charge in [0.25, 0.3) is 0 Å². The molecule has 104 valence electrons. The summed E-state index contributed by atoms with van der Waals surface area (Å²) in [5.74, 6) is 0.206. The maximum absolute atomic E-state index is 13.9. The monoisotopic (exact) mass is 332 g/mol. The SMILES string of the molecule is Fc1ccc(OCC2CCO2)c(Br)c1C1OCCO1. The average Bonchev–Trinajstić information content (AvgIpc) is 2.83. The quantitative estimate of drug-likeness (QED) is 0.849. The van der Waals surface area contributed by atoms with Crippen molar-refractivity contribution in [1.29, 1.82) is 0 Å². The van der Waals surface area contributed by atoms with Crippen LogP contribution in [0.2, 0.25) is 0 Å². The summed E-state index contributed by atoms with van der Waals surface area (Å²) < 4.78 is 36.0. The number of halogens is 2. The van der Waals surface area contributed by atoms with Gasteiger partial charge in [-0.05, 0) is 28.1 Å². The standard InChI is InChI=1S/C13H14BrFO4/c14-12-10(19-7-8-3-4-16-8)2-1-9(15)11(12)13-17-5-6-18-13/h1-2,8,13H,3-7H2. The van der Waals surface area contributed by atoms with Gasteiger partial charge in [-0.25, -0.2) is 4.39 Å². The largest absolute Gasteiger partial charge is 0.490 e. The topological polar surface area (TPSA) is 36.9 Å². The van der Waals surface area contributed by atoms with E-state index < -0.39 is 6.29 Å². The minimum Gasteiger partial charge on any atom is -0.490 e. The van der Waals surface area contributed by atoms with Gasteiger partial charge >= 0.3 is 0 Å². The van der Waals surface area contributed by atoms with Gasteiger partial charge in [0.1, 0.15) is 18.2 Å². The normalized spacial score (nSPS) is 23.4. The summed E-state index contributed by atoms with van der Waals surface area (Å²) in [6.07, 6.45) is 0.470. The van der Waals surface area contributed by atoms with Gasteiger partial charge < -0.3 is 18.9 Å². The van der Waals surface area contributed by atoms with Crippen LogP contribution in [0.3, 0.4) is 0 Å². The second-order valence-electron chi connectivity index (χ2n) is 4.44. The molecule has 0 aromatic heterocycles. The van der Waals surface area contributed by atoms with E-state index >= 15 is 0 Å². The zero-order valence-electron chi connectivity index (χ0n) is 10.2. The summed E-state index contributed by atoms with van der Waals surface area (Å²) in [6, 6.07) is 2.96. The van der Waals surface area contributed by atoms with E-state index in [1.165, 1.54) is 6.07 Å². The van der Waals surface area contributed by atoms with E-state index in [4.69, 9.17) is 18.9 Å². The summed E-state index contributed by atoms with van der Waals surface area (Å²) in [5, 5.41) is 0. The fourth-order valence-corrected chi connectivity index (χ4v) is 2.62. The highest BCUT2D eigenvalue weighted by atomic mass is 79.9. The van der Waals surface area contributed by atoms with E-state index in [9.17, 15) is 4.39 Å². The number of benzene rings is 1. The lowest BCUT2D eigenvalue weighted by atomic mass is 10.2. The van der Waals surface area contributed by atoms with Gasteiger partial charge in [-0.15, -0.1) is 0 Å². The molecule has 1 aromatic rings. The predicted molar refractivity (Wildman–Crippen MR) is 68.6 cm³/mol. The van der Waals surface area contributed by atoms with Crippen LogP contribution in [0.15, 0.2) is 16.6 Å². The zero-order valence-corrected chi connectivity index (χ0v) is 11.8. The Morgan fingerprint density at radius 3 is 2.58 bits per heavy atom. The lowest BCUT2D eigenvalue weighted by molar-refractivity contribution is -0.0724. The average molecular weight is 333 g/mol. The Morgan fingerprint density at radius 2 is 1.95 bits per heavy atom. The highest BCUT2D eigenvalue weighted by Crippen LogP contribution is 2.38. The van der Waals surface area contributed by atoms with E-state index in [-0.39, 0.29) is 11.9 Å². The molecular formula is C13H14BrFO4. The van der Waals surface area contributed by atoms with E-state index in [0.29, 0.717) is 35.6 Å². The van der Waals surface area contributed by atoms with Crippen molar-refractivity contribution in [3.05, 3.63) is 28.0 Å².